The molecule has 3 rings (SSSR count). The van der Waals surface area contributed by atoms with E-state index in [0.29, 0.717) is 5.69 Å². The zero-order chi connectivity index (χ0) is 26.3. The molecule has 1 heterocycles. The Balaban J connectivity index is 1.88. The topological polar surface area (TPSA) is 133 Å². The number of halogens is 3. The summed E-state index contributed by atoms with van der Waals surface area (Å²) < 4.78 is 41.9. The highest BCUT2D eigenvalue weighted by Gasteiger charge is 2.62. The number of carbonyl (C=O) groups is 4. The van der Waals surface area contributed by atoms with E-state index in [1.165, 1.54) is 38.6 Å². The lowest BCUT2D eigenvalue weighted by Crippen LogP contribution is -2.69. The molecule has 1 aliphatic carbocycles. The van der Waals surface area contributed by atoms with Gasteiger partial charge in [0.15, 0.2) is 0 Å². The molecule has 12 heteroatoms. The molecule has 1 saturated carbocycles. The minimum Gasteiger partial charge on any atom is -0.357 e. The molecule has 184 valence electrons. The van der Waals surface area contributed by atoms with Crippen molar-refractivity contribution in [2.24, 2.45) is 7.05 Å². The van der Waals surface area contributed by atoms with Gasteiger partial charge in [-0.3, -0.25) is 19.2 Å². The van der Waals surface area contributed by atoms with Gasteiger partial charge in [-0.1, -0.05) is 0 Å². The maximum Gasteiger partial charge on any atom is 0.294 e. The Kier molecular flexibility index (Phi) is 6.48. The highest BCUT2D eigenvalue weighted by Crippen LogP contribution is 2.45. The lowest BCUT2D eigenvalue weighted by molar-refractivity contribution is -0.164. The molecule has 9 nitrogen and oxygen atoms in total. The van der Waals surface area contributed by atoms with Crippen LogP contribution in [0, 0.1) is 31.0 Å². The van der Waals surface area contributed by atoms with E-state index in [9.17, 15) is 32.3 Å². The molecule has 0 spiro atoms. The van der Waals surface area contributed by atoms with Crippen LogP contribution in [0.5, 0.6) is 0 Å². The monoisotopic (exact) mass is 489 g/mol. The van der Waals surface area contributed by atoms with Crippen molar-refractivity contribution in [3.63, 3.8) is 0 Å². The minimum atomic E-state index is -3.16. The van der Waals surface area contributed by atoms with Crippen LogP contribution < -0.4 is 16.0 Å². The summed E-state index contributed by atoms with van der Waals surface area (Å²) >= 11 is 0. The van der Waals surface area contributed by atoms with E-state index < -0.39 is 53.6 Å². The van der Waals surface area contributed by atoms with Crippen LogP contribution in [0.15, 0.2) is 18.2 Å². The molecule has 35 heavy (non-hydrogen) atoms. The van der Waals surface area contributed by atoms with Gasteiger partial charge in [0.25, 0.3) is 23.5 Å². The van der Waals surface area contributed by atoms with Crippen LogP contribution >= 0.6 is 0 Å². The Hall–Kier alpha value is -4.14. The van der Waals surface area contributed by atoms with E-state index in [2.05, 4.69) is 16.0 Å². The number of carbonyl (C=O) groups excluding carboxylic acids is 4. The smallest absolute Gasteiger partial charge is 0.294 e. The average molecular weight is 489 g/mol. The molecule has 0 saturated heterocycles. The molecule has 3 N–H and O–H groups in total. The van der Waals surface area contributed by atoms with Crippen molar-refractivity contribution in [3.05, 3.63) is 52.1 Å². The molecule has 1 fully saturated rings. The quantitative estimate of drug-likeness (QED) is 0.422. The predicted molar refractivity (Wildman–Crippen MR) is 117 cm³/mol. The fraction of sp³-hybridized carbons (Fsp3) is 0.348. The lowest BCUT2D eigenvalue weighted by atomic mass is 9.72. The average Bonchev–Trinajstić information content (AvgIpc) is 3.00. The summed E-state index contributed by atoms with van der Waals surface area (Å²) in [5.74, 6) is -7.81. The van der Waals surface area contributed by atoms with Crippen molar-refractivity contribution < 1.29 is 32.3 Å². The van der Waals surface area contributed by atoms with Crippen LogP contribution in [0.3, 0.4) is 0 Å². The van der Waals surface area contributed by atoms with Gasteiger partial charge in [0.1, 0.15) is 17.4 Å². The maximum absolute atomic E-state index is 13.6. The molecular weight excluding hydrogens is 467 g/mol. The molecule has 0 aliphatic heterocycles. The Morgan fingerprint density at radius 1 is 1.14 bits per heavy atom. The van der Waals surface area contributed by atoms with E-state index in [1.54, 1.807) is 6.07 Å². The number of hydrogen-bond acceptors (Lipinski definition) is 5. The largest absolute Gasteiger partial charge is 0.357 e. The number of alkyl halides is 2. The number of aromatic nitrogens is 1. The normalized spacial score (nSPS) is 15.4. The van der Waals surface area contributed by atoms with E-state index in [1.807, 2.05) is 0 Å². The number of rotatable bonds is 6. The second kappa shape index (κ2) is 8.90. The summed E-state index contributed by atoms with van der Waals surface area (Å²) in [6, 6.07) is 5.08. The molecule has 0 unspecified atom stereocenters. The van der Waals surface area contributed by atoms with Gasteiger partial charge in [-0.25, -0.2) is 13.2 Å². The summed E-state index contributed by atoms with van der Waals surface area (Å²) in [6.07, 6.45) is -1.89. The second-order valence-electron chi connectivity index (χ2n) is 8.41. The van der Waals surface area contributed by atoms with Crippen LogP contribution in [0.1, 0.15) is 50.5 Å². The van der Waals surface area contributed by atoms with Crippen molar-refractivity contribution in [1.29, 1.82) is 5.26 Å². The Labute approximate surface area is 198 Å². The van der Waals surface area contributed by atoms with Crippen molar-refractivity contribution in [2.45, 2.75) is 38.2 Å². The first-order chi connectivity index (χ1) is 16.3. The fourth-order valence-corrected chi connectivity index (χ4v) is 4.27. The van der Waals surface area contributed by atoms with Crippen LogP contribution in [0.4, 0.5) is 18.9 Å². The van der Waals surface area contributed by atoms with Gasteiger partial charge in [-0.05, 0) is 37.6 Å². The zero-order valence-corrected chi connectivity index (χ0v) is 19.3. The number of ketones is 1. The number of hydrogen-bond donors (Lipinski definition) is 3. The molecule has 2 aromatic rings. The van der Waals surface area contributed by atoms with E-state index >= 15 is 0 Å². The first-order valence-electron chi connectivity index (χ1n) is 10.4. The summed E-state index contributed by atoms with van der Waals surface area (Å²) in [5.41, 5.74) is -1.71. The van der Waals surface area contributed by atoms with Crippen LogP contribution in [-0.4, -0.2) is 46.6 Å². The summed E-state index contributed by atoms with van der Waals surface area (Å²) in [5, 5.41) is 15.8. The molecule has 1 aromatic carbocycles. The van der Waals surface area contributed by atoms with Gasteiger partial charge >= 0.3 is 0 Å². The van der Waals surface area contributed by atoms with Gasteiger partial charge < -0.3 is 20.5 Å². The molecule has 1 aromatic heterocycles. The first-order valence-corrected chi connectivity index (χ1v) is 10.4. The molecule has 0 radical (unpaired) electrons. The number of nitrogens with one attached hydrogen (secondary N) is 3. The van der Waals surface area contributed by atoms with Crippen LogP contribution in [0.2, 0.25) is 0 Å². The van der Waals surface area contributed by atoms with Gasteiger partial charge in [0.05, 0.1) is 16.8 Å². The van der Waals surface area contributed by atoms with Gasteiger partial charge in [0.2, 0.25) is 5.91 Å². The molecule has 3 amide bonds. The van der Waals surface area contributed by atoms with E-state index in [0.717, 1.165) is 12.1 Å². The maximum atomic E-state index is 13.6. The highest BCUT2D eigenvalue weighted by atomic mass is 19.3. The van der Waals surface area contributed by atoms with Crippen molar-refractivity contribution in [3.8, 4) is 6.07 Å². The fourth-order valence-electron chi connectivity index (χ4n) is 4.27. The Morgan fingerprint density at radius 2 is 1.77 bits per heavy atom. The second-order valence-corrected chi connectivity index (χ2v) is 8.41. The minimum absolute atomic E-state index is 0.0580. The number of anilines is 1. The summed E-state index contributed by atoms with van der Waals surface area (Å²) in [4.78, 5) is 50.8. The van der Waals surface area contributed by atoms with Gasteiger partial charge in [-0.2, -0.15) is 5.26 Å². The lowest BCUT2D eigenvalue weighted by Gasteiger charge is -2.45. The highest BCUT2D eigenvalue weighted by molar-refractivity contribution is 6.43. The van der Waals surface area contributed by atoms with Crippen LogP contribution in [-0.2, 0) is 16.6 Å². The Bertz CT molecular complexity index is 1300. The number of nitrogens with zero attached hydrogens (tertiary/aromatic N) is 2. The first kappa shape index (κ1) is 25.5. The molecule has 0 bridgehead atoms. The van der Waals surface area contributed by atoms with Gasteiger partial charge in [-0.15, -0.1) is 0 Å². The SMILES string of the molecule is CNC(=O)C1(NC(=O)C(=O)c2c(C)c(C(=O)Nc3ccc(F)c(C#N)c3)c(C)n2C)CC(F)(F)C1. The van der Waals surface area contributed by atoms with Gasteiger partial charge in [0, 0.05) is 38.3 Å². The third-order valence-electron chi connectivity index (χ3n) is 6.06. The van der Waals surface area contributed by atoms with Crippen molar-refractivity contribution in [2.75, 3.05) is 12.4 Å². The standard InChI is InChI=1S/C23H22F3N5O4/c1-11-16(19(33)29-14-5-6-15(24)13(7-14)8-27)12(2)31(4)17(11)18(32)20(34)30-22(21(35)28-3)9-23(25,26)10-22/h5-7H,9-10H2,1-4H3,(H,28,35)(H,29,33)(H,30,34). The van der Waals surface area contributed by atoms with Crippen molar-refractivity contribution >= 4 is 29.2 Å². The van der Waals surface area contributed by atoms with Crippen molar-refractivity contribution in [1.82, 2.24) is 15.2 Å². The number of Topliss-reactive ketones (excluding diaryl/α,β-unsaturated/α-hetero) is 1. The number of amides is 3. The van der Waals surface area contributed by atoms with E-state index in [-0.39, 0.29) is 28.1 Å². The van der Waals surface area contributed by atoms with E-state index in [4.69, 9.17) is 5.26 Å². The third kappa shape index (κ3) is 4.49. The summed E-state index contributed by atoms with van der Waals surface area (Å²) in [7, 11) is 2.67. The molecule has 1 aliphatic rings. The summed E-state index contributed by atoms with van der Waals surface area (Å²) in [6.45, 7) is 2.96. The number of benzene rings is 1. The zero-order valence-electron chi connectivity index (χ0n) is 19.3. The molecular formula is C23H22F3N5O4. The predicted octanol–water partition coefficient (Wildman–Crippen LogP) is 2.12. The number of nitriles is 1. The number of likely N-dealkylation sites (N-methyl/N-ethyl adjacent to an activating group) is 1. The molecule has 0 atom stereocenters. The Morgan fingerprint density at radius 3 is 2.31 bits per heavy atom. The van der Waals surface area contributed by atoms with Crippen LogP contribution in [0.25, 0.3) is 0 Å². The third-order valence-corrected chi connectivity index (χ3v) is 6.06.